The van der Waals surface area contributed by atoms with Crippen LogP contribution in [0.15, 0.2) is 12.4 Å². The zero-order chi connectivity index (χ0) is 13.7. The summed E-state index contributed by atoms with van der Waals surface area (Å²) < 4.78 is 5.78. The van der Waals surface area contributed by atoms with E-state index in [1.54, 1.807) is 13.1 Å². The van der Waals surface area contributed by atoms with E-state index in [1.807, 2.05) is 0 Å². The molecule has 1 saturated carbocycles. The molecule has 0 amide bonds. The highest BCUT2D eigenvalue weighted by Gasteiger charge is 2.16. The van der Waals surface area contributed by atoms with Gasteiger partial charge < -0.3 is 15.2 Å². The lowest BCUT2D eigenvalue weighted by molar-refractivity contribution is -0.137. The molecule has 2 N–H and O–H groups in total. The van der Waals surface area contributed by atoms with E-state index in [2.05, 4.69) is 15.3 Å². The molecule has 19 heavy (non-hydrogen) atoms. The summed E-state index contributed by atoms with van der Waals surface area (Å²) in [7, 11) is 0. The number of aromatic nitrogens is 2. The van der Waals surface area contributed by atoms with Crippen molar-refractivity contribution in [3.63, 3.8) is 0 Å². The first-order chi connectivity index (χ1) is 9.15. The van der Waals surface area contributed by atoms with Crippen molar-refractivity contribution >= 4 is 11.8 Å². The van der Waals surface area contributed by atoms with E-state index in [0.717, 1.165) is 12.8 Å². The highest BCUT2D eigenvalue weighted by Crippen LogP contribution is 2.22. The van der Waals surface area contributed by atoms with Crippen LogP contribution in [0.5, 0.6) is 5.88 Å². The number of nitrogens with one attached hydrogen (secondary N) is 1. The highest BCUT2D eigenvalue weighted by molar-refractivity contribution is 5.76. The average Bonchev–Trinajstić information content (AvgIpc) is 2.40. The van der Waals surface area contributed by atoms with E-state index in [0.29, 0.717) is 11.7 Å². The number of hydrogen-bond acceptors (Lipinski definition) is 5. The molecule has 104 valence electrons. The van der Waals surface area contributed by atoms with Crippen LogP contribution in [0, 0.1) is 0 Å². The average molecular weight is 265 g/mol. The molecule has 1 aliphatic rings. The largest absolute Gasteiger partial charge is 0.480 e. The number of nitrogens with zero attached hydrogens (tertiary/aromatic N) is 2. The number of hydrogen-bond donors (Lipinski definition) is 2. The molecule has 0 radical (unpaired) electrons. The predicted octanol–water partition coefficient (Wildman–Crippen LogP) is 2.07. The Morgan fingerprint density at radius 2 is 2.16 bits per heavy atom. The van der Waals surface area contributed by atoms with Gasteiger partial charge >= 0.3 is 5.97 Å². The zero-order valence-electron chi connectivity index (χ0n) is 11.0. The first-order valence-corrected chi connectivity index (χ1v) is 6.63. The van der Waals surface area contributed by atoms with Gasteiger partial charge in [0.1, 0.15) is 18.0 Å². The Kier molecular flexibility index (Phi) is 4.54. The van der Waals surface area contributed by atoms with E-state index >= 15 is 0 Å². The maximum atomic E-state index is 10.8. The number of carboxylic acid groups (broad SMARTS) is 1. The van der Waals surface area contributed by atoms with Crippen LogP contribution in [0.2, 0.25) is 0 Å². The summed E-state index contributed by atoms with van der Waals surface area (Å²) in [6.45, 7) is 1.55. The van der Waals surface area contributed by atoms with Crippen molar-refractivity contribution in [1.82, 2.24) is 9.97 Å². The quantitative estimate of drug-likeness (QED) is 0.847. The van der Waals surface area contributed by atoms with Crippen LogP contribution in [0.4, 0.5) is 5.82 Å². The number of ether oxygens (including phenoxy) is 1. The normalized spacial score (nSPS) is 17.7. The van der Waals surface area contributed by atoms with Crippen LogP contribution < -0.4 is 10.1 Å². The zero-order valence-corrected chi connectivity index (χ0v) is 11.0. The van der Waals surface area contributed by atoms with Crippen LogP contribution in [0.25, 0.3) is 0 Å². The van der Waals surface area contributed by atoms with E-state index in [4.69, 9.17) is 9.84 Å². The Morgan fingerprint density at radius 1 is 1.42 bits per heavy atom. The Balaban J connectivity index is 1.96. The molecule has 6 heteroatoms. The van der Waals surface area contributed by atoms with Crippen LogP contribution in [0.3, 0.4) is 0 Å². The van der Waals surface area contributed by atoms with Gasteiger partial charge in [0.05, 0.1) is 12.4 Å². The van der Waals surface area contributed by atoms with Crippen molar-refractivity contribution in [3.05, 3.63) is 12.4 Å². The first-order valence-electron chi connectivity index (χ1n) is 6.63. The van der Waals surface area contributed by atoms with Crippen LogP contribution in [0.1, 0.15) is 39.0 Å². The van der Waals surface area contributed by atoms with Gasteiger partial charge in [0.2, 0.25) is 5.88 Å². The van der Waals surface area contributed by atoms with Gasteiger partial charge in [-0.15, -0.1) is 0 Å². The van der Waals surface area contributed by atoms with Crippen molar-refractivity contribution < 1.29 is 14.6 Å². The summed E-state index contributed by atoms with van der Waals surface area (Å²) in [6.07, 6.45) is 8.99. The SMILES string of the molecule is CC(Nc1cncc(OC2CCCCC2)n1)C(=O)O. The van der Waals surface area contributed by atoms with Crippen LogP contribution in [-0.4, -0.2) is 33.2 Å². The molecular formula is C13H19N3O3. The van der Waals surface area contributed by atoms with Gasteiger partial charge in [-0.05, 0) is 32.6 Å². The molecule has 1 aromatic heterocycles. The molecule has 0 bridgehead atoms. The molecule has 0 spiro atoms. The van der Waals surface area contributed by atoms with Gasteiger partial charge in [-0.1, -0.05) is 6.42 Å². The summed E-state index contributed by atoms with van der Waals surface area (Å²) in [5.74, 6) is -0.0573. The van der Waals surface area contributed by atoms with Gasteiger partial charge in [-0.2, -0.15) is 4.98 Å². The maximum absolute atomic E-state index is 10.8. The number of carbonyl (C=O) groups is 1. The molecule has 0 saturated heterocycles. The number of aliphatic carboxylic acids is 1. The third-order valence-corrected chi connectivity index (χ3v) is 3.19. The Bertz CT molecular complexity index is 433. The van der Waals surface area contributed by atoms with E-state index < -0.39 is 12.0 Å². The molecule has 0 aliphatic heterocycles. The smallest absolute Gasteiger partial charge is 0.325 e. The molecule has 1 unspecified atom stereocenters. The molecule has 1 fully saturated rings. The lowest BCUT2D eigenvalue weighted by atomic mass is 9.98. The monoisotopic (exact) mass is 265 g/mol. The third kappa shape index (κ3) is 4.08. The Hall–Kier alpha value is -1.85. The Morgan fingerprint density at radius 3 is 2.84 bits per heavy atom. The Labute approximate surface area is 112 Å². The van der Waals surface area contributed by atoms with Crippen molar-refractivity contribution in [2.45, 2.75) is 51.2 Å². The summed E-state index contributed by atoms with van der Waals surface area (Å²) >= 11 is 0. The second-order valence-corrected chi connectivity index (χ2v) is 4.82. The van der Waals surface area contributed by atoms with Gasteiger partial charge in [0, 0.05) is 0 Å². The molecule has 1 atom stereocenters. The van der Waals surface area contributed by atoms with E-state index in [1.165, 1.54) is 25.5 Å². The van der Waals surface area contributed by atoms with Gasteiger partial charge in [0.15, 0.2) is 0 Å². The lowest BCUT2D eigenvalue weighted by Crippen LogP contribution is -2.26. The fourth-order valence-electron chi connectivity index (χ4n) is 2.11. The number of carboxylic acids is 1. The standard InChI is InChI=1S/C13H19N3O3/c1-9(13(17)18)15-11-7-14-8-12(16-11)19-10-5-3-2-4-6-10/h7-10H,2-6H2,1H3,(H,15,16)(H,17,18). The summed E-state index contributed by atoms with van der Waals surface area (Å²) in [6, 6.07) is -0.709. The van der Waals surface area contributed by atoms with Crippen molar-refractivity contribution in [3.8, 4) is 5.88 Å². The second-order valence-electron chi connectivity index (χ2n) is 4.82. The third-order valence-electron chi connectivity index (χ3n) is 3.19. The highest BCUT2D eigenvalue weighted by atomic mass is 16.5. The van der Waals surface area contributed by atoms with Gasteiger partial charge in [0.25, 0.3) is 0 Å². The summed E-state index contributed by atoms with van der Waals surface area (Å²) in [5.41, 5.74) is 0. The molecule has 2 rings (SSSR count). The van der Waals surface area contributed by atoms with Crippen molar-refractivity contribution in [1.29, 1.82) is 0 Å². The second kappa shape index (κ2) is 6.36. The summed E-state index contributed by atoms with van der Waals surface area (Å²) in [4.78, 5) is 19.0. The first kappa shape index (κ1) is 13.6. The topological polar surface area (TPSA) is 84.3 Å². The molecule has 6 nitrogen and oxygen atoms in total. The number of rotatable bonds is 5. The minimum Gasteiger partial charge on any atom is -0.480 e. The fraction of sp³-hybridized carbons (Fsp3) is 0.615. The predicted molar refractivity (Wildman–Crippen MR) is 70.3 cm³/mol. The number of anilines is 1. The van der Waals surface area contributed by atoms with E-state index in [9.17, 15) is 4.79 Å². The van der Waals surface area contributed by atoms with Crippen molar-refractivity contribution in [2.24, 2.45) is 0 Å². The van der Waals surface area contributed by atoms with Crippen molar-refractivity contribution in [2.75, 3.05) is 5.32 Å². The van der Waals surface area contributed by atoms with Crippen LogP contribution in [-0.2, 0) is 4.79 Å². The molecule has 1 aromatic rings. The molecule has 0 aromatic carbocycles. The van der Waals surface area contributed by atoms with Gasteiger partial charge in [-0.25, -0.2) is 0 Å². The molecule has 1 heterocycles. The lowest BCUT2D eigenvalue weighted by Gasteiger charge is -2.22. The fourth-order valence-corrected chi connectivity index (χ4v) is 2.11. The molecule has 1 aliphatic carbocycles. The van der Waals surface area contributed by atoms with Crippen LogP contribution >= 0.6 is 0 Å². The minimum absolute atomic E-state index is 0.204. The minimum atomic E-state index is -0.930. The maximum Gasteiger partial charge on any atom is 0.325 e. The van der Waals surface area contributed by atoms with Gasteiger partial charge in [-0.3, -0.25) is 9.78 Å². The van der Waals surface area contributed by atoms with E-state index in [-0.39, 0.29) is 6.10 Å². The summed E-state index contributed by atoms with van der Waals surface area (Å²) in [5, 5.41) is 11.6. The molecular weight excluding hydrogens is 246 g/mol.